The highest BCUT2D eigenvalue weighted by Gasteiger charge is 2.29. The molecule has 1 aromatic carbocycles. The van der Waals surface area contributed by atoms with Gasteiger partial charge in [-0.25, -0.2) is 4.79 Å². The molecule has 0 unspecified atom stereocenters. The molecule has 1 saturated heterocycles. The summed E-state index contributed by atoms with van der Waals surface area (Å²) in [5.74, 6) is -0.221. The maximum atomic E-state index is 12.4. The summed E-state index contributed by atoms with van der Waals surface area (Å²) in [6.07, 6.45) is 0.784. The first-order valence-corrected chi connectivity index (χ1v) is 9.20. The highest BCUT2D eigenvalue weighted by Crippen LogP contribution is 2.25. The lowest BCUT2D eigenvalue weighted by Gasteiger charge is -2.33. The van der Waals surface area contributed by atoms with Crippen molar-refractivity contribution in [2.24, 2.45) is 5.92 Å². The third kappa shape index (κ3) is 5.11. The van der Waals surface area contributed by atoms with Crippen molar-refractivity contribution < 1.29 is 24.3 Å². The first-order chi connectivity index (χ1) is 12.5. The van der Waals surface area contributed by atoms with Crippen molar-refractivity contribution in [2.45, 2.75) is 26.3 Å². The molecule has 0 aromatic heterocycles. The number of carbonyl (C=O) groups excluding carboxylic acids is 2. The van der Waals surface area contributed by atoms with Gasteiger partial charge in [-0.15, -0.1) is 0 Å². The van der Waals surface area contributed by atoms with E-state index in [9.17, 15) is 14.7 Å². The molecule has 144 valence electrons. The van der Waals surface area contributed by atoms with E-state index < -0.39 is 12.0 Å². The highest BCUT2D eigenvalue weighted by molar-refractivity contribution is 5.85. The SMILES string of the molecule is CC[C@@H](C)[C@H](NC(=O)C[NH+]1CCN(c2ccccc2O)CC1)C(=O)OC. The molecular weight excluding hydrogens is 334 g/mol. The Labute approximate surface area is 154 Å². The Morgan fingerprint density at radius 1 is 1.31 bits per heavy atom. The van der Waals surface area contributed by atoms with E-state index in [1.54, 1.807) is 12.1 Å². The van der Waals surface area contributed by atoms with Crippen LogP contribution in [0.3, 0.4) is 0 Å². The van der Waals surface area contributed by atoms with Crippen molar-refractivity contribution in [1.29, 1.82) is 0 Å². The summed E-state index contributed by atoms with van der Waals surface area (Å²) >= 11 is 0. The third-order valence-electron chi connectivity index (χ3n) is 5.09. The van der Waals surface area contributed by atoms with E-state index in [2.05, 4.69) is 10.2 Å². The van der Waals surface area contributed by atoms with Crippen molar-refractivity contribution in [3.8, 4) is 5.75 Å². The Bertz CT molecular complexity index is 615. The molecule has 0 radical (unpaired) electrons. The minimum atomic E-state index is -0.598. The number of amides is 1. The van der Waals surface area contributed by atoms with E-state index in [1.807, 2.05) is 26.0 Å². The van der Waals surface area contributed by atoms with Crippen LogP contribution < -0.4 is 15.1 Å². The Morgan fingerprint density at radius 3 is 2.54 bits per heavy atom. The number of ether oxygens (including phenoxy) is 1. The van der Waals surface area contributed by atoms with E-state index in [-0.39, 0.29) is 17.6 Å². The molecule has 3 N–H and O–H groups in total. The number of phenols is 1. The second-order valence-electron chi connectivity index (χ2n) is 6.86. The summed E-state index contributed by atoms with van der Waals surface area (Å²) in [6, 6.07) is 6.70. The highest BCUT2D eigenvalue weighted by atomic mass is 16.5. The van der Waals surface area contributed by atoms with E-state index >= 15 is 0 Å². The third-order valence-corrected chi connectivity index (χ3v) is 5.09. The fourth-order valence-electron chi connectivity index (χ4n) is 3.22. The van der Waals surface area contributed by atoms with Gasteiger partial charge < -0.3 is 25.0 Å². The topological polar surface area (TPSA) is 83.3 Å². The Hall–Kier alpha value is -2.28. The number of anilines is 1. The van der Waals surface area contributed by atoms with E-state index in [0.29, 0.717) is 6.54 Å². The average molecular weight is 364 g/mol. The zero-order valence-corrected chi connectivity index (χ0v) is 15.8. The van der Waals surface area contributed by atoms with Gasteiger partial charge in [0, 0.05) is 0 Å². The first kappa shape index (κ1) is 20.0. The number of nitrogens with zero attached hydrogens (tertiary/aromatic N) is 1. The van der Waals surface area contributed by atoms with Crippen molar-refractivity contribution in [2.75, 3.05) is 44.7 Å². The standard InChI is InChI=1S/C19H29N3O4/c1-4-14(2)18(19(25)26-3)20-17(24)13-21-9-11-22(12-10-21)15-7-5-6-8-16(15)23/h5-8,14,18,23H,4,9-13H2,1-3H3,(H,20,24)/p+1/t14-,18+/m1/s1. The molecule has 1 fully saturated rings. The predicted molar refractivity (Wildman–Crippen MR) is 99.3 cm³/mol. The molecule has 0 saturated carbocycles. The zero-order valence-electron chi connectivity index (χ0n) is 15.8. The van der Waals surface area contributed by atoms with Crippen LogP contribution in [-0.4, -0.2) is 62.9 Å². The van der Waals surface area contributed by atoms with Crippen LogP contribution in [0.5, 0.6) is 5.75 Å². The lowest BCUT2D eigenvalue weighted by molar-refractivity contribution is -0.892. The van der Waals surface area contributed by atoms with Crippen LogP contribution in [0.2, 0.25) is 0 Å². The number of rotatable bonds is 7. The lowest BCUT2D eigenvalue weighted by Crippen LogP contribution is -3.16. The zero-order chi connectivity index (χ0) is 19.1. The van der Waals surface area contributed by atoms with E-state index in [1.165, 1.54) is 12.0 Å². The van der Waals surface area contributed by atoms with Gasteiger partial charge in [-0.3, -0.25) is 4.79 Å². The number of para-hydroxylation sites is 2. The summed E-state index contributed by atoms with van der Waals surface area (Å²) in [4.78, 5) is 27.6. The molecular formula is C19H30N3O4+. The predicted octanol–water partition coefficient (Wildman–Crippen LogP) is -0.199. The minimum Gasteiger partial charge on any atom is -0.506 e. The monoisotopic (exact) mass is 364 g/mol. The molecule has 2 rings (SSSR count). The molecule has 0 spiro atoms. The van der Waals surface area contributed by atoms with Crippen LogP contribution in [0.4, 0.5) is 5.69 Å². The molecule has 7 heteroatoms. The number of hydrogen-bond donors (Lipinski definition) is 3. The largest absolute Gasteiger partial charge is 0.506 e. The summed E-state index contributed by atoms with van der Waals surface area (Å²) in [7, 11) is 1.34. The number of nitrogens with one attached hydrogen (secondary N) is 2. The Kier molecular flexibility index (Phi) is 7.26. The molecule has 1 aromatic rings. The van der Waals surface area contributed by atoms with Crippen LogP contribution >= 0.6 is 0 Å². The smallest absolute Gasteiger partial charge is 0.328 e. The molecule has 1 aliphatic rings. The minimum absolute atomic E-state index is 0.0271. The number of methoxy groups -OCH3 is 1. The Morgan fingerprint density at radius 2 is 1.96 bits per heavy atom. The molecule has 26 heavy (non-hydrogen) atoms. The molecule has 7 nitrogen and oxygen atoms in total. The average Bonchev–Trinajstić information content (AvgIpc) is 2.66. The van der Waals surface area contributed by atoms with E-state index in [4.69, 9.17) is 4.74 Å². The number of carbonyl (C=O) groups is 2. The number of phenolic OH excluding ortho intramolecular Hbond substituents is 1. The van der Waals surface area contributed by atoms with Crippen LogP contribution in [0, 0.1) is 5.92 Å². The number of piperazine rings is 1. The van der Waals surface area contributed by atoms with Gasteiger partial charge in [-0.05, 0) is 18.1 Å². The number of hydrogen-bond acceptors (Lipinski definition) is 5. The van der Waals surface area contributed by atoms with Crippen LogP contribution in [-0.2, 0) is 14.3 Å². The Balaban J connectivity index is 1.85. The van der Waals surface area contributed by atoms with Gasteiger partial charge >= 0.3 is 5.97 Å². The summed E-state index contributed by atoms with van der Waals surface area (Å²) in [5.41, 5.74) is 0.832. The maximum absolute atomic E-state index is 12.4. The molecule has 0 bridgehead atoms. The molecule has 0 aliphatic carbocycles. The van der Waals surface area contributed by atoms with Gasteiger partial charge in [0.1, 0.15) is 11.8 Å². The van der Waals surface area contributed by atoms with Crippen LogP contribution in [0.1, 0.15) is 20.3 Å². The van der Waals surface area contributed by atoms with Crippen LogP contribution in [0.25, 0.3) is 0 Å². The number of benzene rings is 1. The molecule has 1 heterocycles. The first-order valence-electron chi connectivity index (χ1n) is 9.20. The van der Waals surface area contributed by atoms with Gasteiger partial charge in [0.2, 0.25) is 0 Å². The van der Waals surface area contributed by atoms with E-state index in [0.717, 1.165) is 38.3 Å². The second-order valence-corrected chi connectivity index (χ2v) is 6.86. The fraction of sp³-hybridized carbons (Fsp3) is 0.579. The summed E-state index contributed by atoms with van der Waals surface area (Å²) < 4.78 is 4.81. The number of quaternary nitrogens is 1. The van der Waals surface area contributed by atoms with Crippen LogP contribution in [0.15, 0.2) is 24.3 Å². The van der Waals surface area contributed by atoms with Crippen molar-refractivity contribution in [3.05, 3.63) is 24.3 Å². The van der Waals surface area contributed by atoms with Crippen molar-refractivity contribution in [3.63, 3.8) is 0 Å². The quantitative estimate of drug-likeness (QED) is 0.584. The summed E-state index contributed by atoms with van der Waals surface area (Å²) in [5, 5.41) is 12.8. The van der Waals surface area contributed by atoms with Gasteiger partial charge in [-0.1, -0.05) is 32.4 Å². The normalized spacial score (nSPS) is 17.4. The maximum Gasteiger partial charge on any atom is 0.328 e. The van der Waals surface area contributed by atoms with Crippen molar-refractivity contribution >= 4 is 17.6 Å². The van der Waals surface area contributed by atoms with Gasteiger partial charge in [0.25, 0.3) is 5.91 Å². The molecule has 2 atom stereocenters. The summed E-state index contributed by atoms with van der Waals surface area (Å²) in [6.45, 7) is 7.38. The van der Waals surface area contributed by atoms with Gasteiger partial charge in [-0.2, -0.15) is 0 Å². The number of esters is 1. The van der Waals surface area contributed by atoms with Gasteiger partial charge in [0.05, 0.1) is 39.0 Å². The number of aromatic hydroxyl groups is 1. The van der Waals surface area contributed by atoms with Gasteiger partial charge in [0.15, 0.2) is 6.54 Å². The lowest BCUT2D eigenvalue weighted by atomic mass is 9.99. The second kappa shape index (κ2) is 9.43. The fourth-order valence-corrected chi connectivity index (χ4v) is 3.22. The van der Waals surface area contributed by atoms with Crippen molar-refractivity contribution in [1.82, 2.24) is 5.32 Å². The molecule has 1 amide bonds. The molecule has 1 aliphatic heterocycles.